The number of rotatable bonds is 7. The molecule has 3 N–H and O–H groups in total. The Bertz CT molecular complexity index is 692. The highest BCUT2D eigenvalue weighted by Gasteiger charge is 2.16. The number of carbonyl (C=O) groups is 1. The molecule has 0 saturated heterocycles. The third kappa shape index (κ3) is 6.18. The van der Waals surface area contributed by atoms with E-state index in [1.807, 2.05) is 6.07 Å². The molecule has 0 bridgehead atoms. The number of nitrogens with two attached hydrogens (primary N) is 1. The van der Waals surface area contributed by atoms with Gasteiger partial charge in [-0.3, -0.25) is 9.59 Å². The normalized spacial score (nSPS) is 11.6. The molecule has 1 rings (SSSR count). The van der Waals surface area contributed by atoms with Gasteiger partial charge in [-0.25, -0.2) is 0 Å². The van der Waals surface area contributed by atoms with Gasteiger partial charge in [-0.05, 0) is 43.7 Å². The fraction of sp³-hybridized carbons (Fsp3) is 0.611. The maximum absolute atomic E-state index is 12.3. The number of carbonyl (C=O) groups excluding carboxylic acids is 1. The van der Waals surface area contributed by atoms with Crippen molar-refractivity contribution in [3.05, 3.63) is 32.7 Å². The molecule has 1 aromatic heterocycles. The maximum Gasteiger partial charge on any atom is 0.266 e. The molecule has 140 valence electrons. The van der Waals surface area contributed by atoms with Crippen molar-refractivity contribution in [2.45, 2.75) is 53.0 Å². The van der Waals surface area contributed by atoms with Gasteiger partial charge in [0.25, 0.3) is 5.56 Å². The van der Waals surface area contributed by atoms with Gasteiger partial charge in [-0.15, -0.1) is 12.4 Å². The zero-order valence-corrected chi connectivity index (χ0v) is 16.5. The first-order valence-electron chi connectivity index (χ1n) is 8.31. The second kappa shape index (κ2) is 10.2. The van der Waals surface area contributed by atoms with Crippen molar-refractivity contribution in [1.82, 2.24) is 9.88 Å². The zero-order valence-electron chi connectivity index (χ0n) is 15.7. The Balaban J connectivity index is 0.00000576. The zero-order chi connectivity index (χ0) is 18.4. The third-order valence-electron chi connectivity index (χ3n) is 4.59. The average molecular weight is 369 g/mol. The van der Waals surface area contributed by atoms with Gasteiger partial charge >= 0.3 is 0 Å². The molecule has 6 nitrogen and oxygen atoms in total. The van der Waals surface area contributed by atoms with Crippen LogP contribution in [0.1, 0.15) is 49.1 Å². The lowest BCUT2D eigenvalue weighted by molar-refractivity contribution is -0.129. The number of amides is 1. The van der Waals surface area contributed by atoms with Crippen molar-refractivity contribution >= 4 is 18.3 Å². The van der Waals surface area contributed by atoms with Crippen LogP contribution in [0.5, 0.6) is 0 Å². The SMILES string of the molecule is Cc1[nH]c(=O)c(C#N)c(C)c1CCC(=O)N(C)CCC(N)C(C)C.Cl. The van der Waals surface area contributed by atoms with Crippen LogP contribution in [-0.4, -0.2) is 35.4 Å². The van der Waals surface area contributed by atoms with Gasteiger partial charge in [-0.1, -0.05) is 13.8 Å². The summed E-state index contributed by atoms with van der Waals surface area (Å²) in [6.45, 7) is 8.32. The van der Waals surface area contributed by atoms with E-state index in [9.17, 15) is 9.59 Å². The first kappa shape index (κ1) is 23.2. The fourth-order valence-electron chi connectivity index (χ4n) is 2.64. The summed E-state index contributed by atoms with van der Waals surface area (Å²) in [4.78, 5) is 28.4. The number of nitrogens with zero attached hydrogens (tertiary/aromatic N) is 2. The minimum absolute atomic E-state index is 0. The van der Waals surface area contributed by atoms with Crippen LogP contribution in [0.3, 0.4) is 0 Å². The number of aryl methyl sites for hydroxylation is 1. The van der Waals surface area contributed by atoms with Crippen LogP contribution in [-0.2, 0) is 11.2 Å². The summed E-state index contributed by atoms with van der Waals surface area (Å²) in [6.07, 6.45) is 1.61. The Morgan fingerprint density at radius 1 is 1.36 bits per heavy atom. The molecule has 0 aliphatic heterocycles. The highest BCUT2D eigenvalue weighted by atomic mass is 35.5. The molecule has 0 aromatic carbocycles. The largest absolute Gasteiger partial charge is 0.346 e. The summed E-state index contributed by atoms with van der Waals surface area (Å²) >= 11 is 0. The summed E-state index contributed by atoms with van der Waals surface area (Å²) in [5, 5.41) is 9.09. The van der Waals surface area contributed by atoms with E-state index in [-0.39, 0.29) is 35.5 Å². The van der Waals surface area contributed by atoms with E-state index in [2.05, 4.69) is 18.8 Å². The standard InChI is InChI=1S/C18H28N4O2.ClH/c1-11(2)16(20)8-9-22(5)17(23)7-6-14-12(3)15(10-19)18(24)21-13(14)4;/h11,16H,6-9,20H2,1-5H3,(H,21,24);1H. The molecule has 1 heterocycles. The van der Waals surface area contributed by atoms with Crippen LogP contribution in [0.4, 0.5) is 0 Å². The first-order valence-corrected chi connectivity index (χ1v) is 8.31. The molecule has 25 heavy (non-hydrogen) atoms. The Morgan fingerprint density at radius 3 is 2.48 bits per heavy atom. The lowest BCUT2D eigenvalue weighted by atomic mass is 9.98. The molecule has 1 unspecified atom stereocenters. The van der Waals surface area contributed by atoms with Crippen molar-refractivity contribution in [3.8, 4) is 6.07 Å². The number of pyridine rings is 1. The van der Waals surface area contributed by atoms with Crippen molar-refractivity contribution in [3.63, 3.8) is 0 Å². The van der Waals surface area contributed by atoms with Gasteiger partial charge in [0.1, 0.15) is 11.6 Å². The summed E-state index contributed by atoms with van der Waals surface area (Å²) < 4.78 is 0. The third-order valence-corrected chi connectivity index (χ3v) is 4.59. The number of hydrogen-bond acceptors (Lipinski definition) is 4. The quantitative estimate of drug-likeness (QED) is 0.768. The number of aromatic amines is 1. The van der Waals surface area contributed by atoms with E-state index in [0.717, 1.165) is 12.0 Å². The Kier molecular flexibility index (Phi) is 9.47. The molecule has 0 aliphatic carbocycles. The Hall–Kier alpha value is -1.84. The number of aromatic nitrogens is 1. The lowest BCUT2D eigenvalue weighted by Gasteiger charge is -2.22. The Morgan fingerprint density at radius 2 is 1.96 bits per heavy atom. The summed E-state index contributed by atoms with van der Waals surface area (Å²) in [5.74, 6) is 0.429. The molecular formula is C18H29ClN4O2. The summed E-state index contributed by atoms with van der Waals surface area (Å²) in [5.41, 5.74) is 8.01. The maximum atomic E-state index is 12.3. The predicted molar refractivity (Wildman–Crippen MR) is 102 cm³/mol. The molecule has 0 radical (unpaired) electrons. The van der Waals surface area contributed by atoms with Crippen molar-refractivity contribution in [2.75, 3.05) is 13.6 Å². The van der Waals surface area contributed by atoms with E-state index < -0.39 is 0 Å². The van der Waals surface area contributed by atoms with Crippen molar-refractivity contribution in [1.29, 1.82) is 5.26 Å². The number of hydrogen-bond donors (Lipinski definition) is 2. The van der Waals surface area contributed by atoms with E-state index in [4.69, 9.17) is 11.0 Å². The molecule has 1 amide bonds. The highest BCUT2D eigenvalue weighted by Crippen LogP contribution is 2.15. The van der Waals surface area contributed by atoms with E-state index >= 15 is 0 Å². The monoisotopic (exact) mass is 368 g/mol. The van der Waals surface area contributed by atoms with Crippen molar-refractivity contribution < 1.29 is 4.79 Å². The van der Waals surface area contributed by atoms with E-state index in [1.165, 1.54) is 0 Å². The van der Waals surface area contributed by atoms with E-state index in [1.54, 1.807) is 25.8 Å². The lowest BCUT2D eigenvalue weighted by Crippen LogP contribution is -2.34. The van der Waals surface area contributed by atoms with Gasteiger partial charge < -0.3 is 15.6 Å². The van der Waals surface area contributed by atoms with Gasteiger partial charge in [0.05, 0.1) is 0 Å². The molecule has 0 aliphatic rings. The highest BCUT2D eigenvalue weighted by molar-refractivity contribution is 5.85. The smallest absolute Gasteiger partial charge is 0.266 e. The van der Waals surface area contributed by atoms with Crippen LogP contribution in [0.15, 0.2) is 4.79 Å². The molecule has 1 atom stereocenters. The minimum Gasteiger partial charge on any atom is -0.346 e. The molecule has 7 heteroatoms. The van der Waals surface area contributed by atoms with Gasteiger partial charge in [0.2, 0.25) is 5.91 Å². The predicted octanol–water partition coefficient (Wildman–Crippen LogP) is 2.05. The van der Waals surface area contributed by atoms with Crippen LogP contribution in [0.2, 0.25) is 0 Å². The minimum atomic E-state index is -0.373. The second-order valence-electron chi connectivity index (χ2n) is 6.68. The first-order chi connectivity index (χ1) is 11.2. The summed E-state index contributed by atoms with van der Waals surface area (Å²) in [6, 6.07) is 2.02. The molecule has 1 aromatic rings. The van der Waals surface area contributed by atoms with E-state index in [0.29, 0.717) is 36.6 Å². The summed E-state index contributed by atoms with van der Waals surface area (Å²) in [7, 11) is 1.78. The van der Waals surface area contributed by atoms with Crippen LogP contribution < -0.4 is 11.3 Å². The molecule has 0 fully saturated rings. The van der Waals surface area contributed by atoms with Gasteiger partial charge in [0.15, 0.2) is 0 Å². The molecular weight excluding hydrogens is 340 g/mol. The number of nitrogens with one attached hydrogen (secondary N) is 1. The topological polar surface area (TPSA) is 103 Å². The van der Waals surface area contributed by atoms with Gasteiger partial charge in [-0.2, -0.15) is 5.26 Å². The molecule has 0 saturated carbocycles. The second-order valence-corrected chi connectivity index (χ2v) is 6.68. The number of H-pyrrole nitrogens is 1. The Labute approximate surface area is 155 Å². The van der Waals surface area contributed by atoms with Gasteiger partial charge in [0, 0.05) is 31.7 Å². The van der Waals surface area contributed by atoms with Crippen LogP contribution in [0.25, 0.3) is 0 Å². The molecule has 0 spiro atoms. The fourth-order valence-corrected chi connectivity index (χ4v) is 2.64. The van der Waals surface area contributed by atoms with Crippen LogP contribution >= 0.6 is 12.4 Å². The number of halogens is 1. The van der Waals surface area contributed by atoms with Crippen molar-refractivity contribution in [2.24, 2.45) is 11.7 Å². The average Bonchev–Trinajstić information content (AvgIpc) is 2.51. The van der Waals surface area contributed by atoms with Crippen LogP contribution in [0, 0.1) is 31.1 Å². The number of nitriles is 1.